The molecule has 0 saturated carbocycles. The summed E-state index contributed by atoms with van der Waals surface area (Å²) < 4.78 is 0. The molecule has 0 amide bonds. The van der Waals surface area contributed by atoms with Crippen molar-refractivity contribution in [3.63, 3.8) is 0 Å². The second kappa shape index (κ2) is 6.26. The summed E-state index contributed by atoms with van der Waals surface area (Å²) in [7, 11) is 0. The molecule has 0 rings (SSSR count). The number of carboxylic acids is 1. The van der Waals surface area contributed by atoms with Crippen molar-refractivity contribution in [2.75, 3.05) is 0 Å². The van der Waals surface area contributed by atoms with Crippen molar-refractivity contribution >= 4 is 17.6 Å². The molecule has 0 aromatic heterocycles. The van der Waals surface area contributed by atoms with Crippen LogP contribution in [0.1, 0.15) is 32.6 Å². The van der Waals surface area contributed by atoms with Crippen LogP contribution in [-0.4, -0.2) is 27.7 Å². The molecule has 4 heteroatoms. The van der Waals surface area contributed by atoms with E-state index in [0.29, 0.717) is 6.42 Å². The molecule has 0 fully saturated rings. The lowest BCUT2D eigenvalue weighted by atomic mass is 10.1. The Morgan fingerprint density at radius 3 is 2.58 bits per heavy atom. The predicted octanol–water partition coefficient (Wildman–Crippen LogP) is 1.62. The van der Waals surface area contributed by atoms with Crippen LogP contribution in [-0.2, 0) is 4.79 Å². The van der Waals surface area contributed by atoms with Crippen LogP contribution in [0, 0.1) is 0 Å². The summed E-state index contributed by atoms with van der Waals surface area (Å²) in [6.07, 6.45) is 1.41. The van der Waals surface area contributed by atoms with Gasteiger partial charge >= 0.3 is 5.97 Å². The standard InChI is InChI=1S/C8H15ClO3/c1-2-3-4-6(9)7(10)5-8(11)12/h6-7,10H,2-5H2,1H3,(H,11,12). The van der Waals surface area contributed by atoms with Crippen molar-refractivity contribution < 1.29 is 15.0 Å². The van der Waals surface area contributed by atoms with E-state index in [2.05, 4.69) is 0 Å². The Morgan fingerprint density at radius 2 is 2.17 bits per heavy atom. The van der Waals surface area contributed by atoms with Crippen molar-refractivity contribution in [3.05, 3.63) is 0 Å². The molecular weight excluding hydrogens is 180 g/mol. The fourth-order valence-electron chi connectivity index (χ4n) is 0.898. The quantitative estimate of drug-likeness (QED) is 0.632. The number of alkyl halides is 1. The van der Waals surface area contributed by atoms with Gasteiger partial charge in [-0.1, -0.05) is 19.8 Å². The molecule has 0 spiro atoms. The van der Waals surface area contributed by atoms with Gasteiger partial charge in [0.2, 0.25) is 0 Å². The van der Waals surface area contributed by atoms with Gasteiger partial charge in [0.05, 0.1) is 17.9 Å². The summed E-state index contributed by atoms with van der Waals surface area (Å²) in [5.74, 6) is -1.01. The second-order valence-corrected chi connectivity index (χ2v) is 3.38. The normalized spacial score (nSPS) is 15.6. The zero-order chi connectivity index (χ0) is 9.56. The molecule has 0 bridgehead atoms. The fraction of sp³-hybridized carbons (Fsp3) is 0.875. The number of unbranched alkanes of at least 4 members (excludes halogenated alkanes) is 1. The van der Waals surface area contributed by atoms with Crippen LogP contribution >= 0.6 is 11.6 Å². The van der Waals surface area contributed by atoms with Gasteiger partial charge < -0.3 is 10.2 Å². The molecule has 0 saturated heterocycles. The topological polar surface area (TPSA) is 57.5 Å². The first kappa shape index (κ1) is 11.7. The van der Waals surface area contributed by atoms with E-state index in [1.165, 1.54) is 0 Å². The molecule has 12 heavy (non-hydrogen) atoms. The number of halogens is 1. The largest absolute Gasteiger partial charge is 0.481 e. The minimum Gasteiger partial charge on any atom is -0.481 e. The summed E-state index contributed by atoms with van der Waals surface area (Å²) in [5.41, 5.74) is 0. The van der Waals surface area contributed by atoms with Crippen LogP contribution in [0.2, 0.25) is 0 Å². The highest BCUT2D eigenvalue weighted by Crippen LogP contribution is 2.14. The minimum absolute atomic E-state index is 0.266. The van der Waals surface area contributed by atoms with Gasteiger partial charge in [0.25, 0.3) is 0 Å². The van der Waals surface area contributed by atoms with Gasteiger partial charge in [-0.3, -0.25) is 4.79 Å². The molecule has 2 unspecified atom stereocenters. The summed E-state index contributed by atoms with van der Waals surface area (Å²) >= 11 is 5.74. The average molecular weight is 195 g/mol. The van der Waals surface area contributed by atoms with E-state index in [1.807, 2.05) is 6.92 Å². The Hall–Kier alpha value is -0.280. The Bertz CT molecular complexity index is 138. The van der Waals surface area contributed by atoms with Crippen molar-refractivity contribution in [2.45, 2.75) is 44.1 Å². The van der Waals surface area contributed by atoms with E-state index in [-0.39, 0.29) is 6.42 Å². The Labute approximate surface area is 77.3 Å². The number of hydrogen-bond acceptors (Lipinski definition) is 2. The number of aliphatic hydroxyl groups excluding tert-OH is 1. The van der Waals surface area contributed by atoms with Gasteiger partial charge in [0.15, 0.2) is 0 Å². The smallest absolute Gasteiger partial charge is 0.306 e. The van der Waals surface area contributed by atoms with E-state index in [4.69, 9.17) is 16.7 Å². The fourth-order valence-corrected chi connectivity index (χ4v) is 1.14. The molecule has 0 aliphatic carbocycles. The predicted molar refractivity (Wildman–Crippen MR) is 47.4 cm³/mol. The Morgan fingerprint density at radius 1 is 1.58 bits per heavy atom. The summed E-state index contributed by atoms with van der Waals surface area (Å²) in [5, 5.41) is 17.1. The van der Waals surface area contributed by atoms with E-state index in [1.54, 1.807) is 0 Å². The first-order valence-corrected chi connectivity index (χ1v) is 4.55. The Kier molecular flexibility index (Phi) is 6.11. The molecular formula is C8H15ClO3. The number of hydrogen-bond donors (Lipinski definition) is 2. The number of rotatable bonds is 6. The highest BCUT2D eigenvalue weighted by Gasteiger charge is 2.18. The van der Waals surface area contributed by atoms with E-state index in [0.717, 1.165) is 12.8 Å². The number of aliphatic hydroxyl groups is 1. The lowest BCUT2D eigenvalue weighted by Gasteiger charge is -2.13. The summed E-state index contributed by atoms with van der Waals surface area (Å²) in [6.45, 7) is 2.02. The highest BCUT2D eigenvalue weighted by molar-refractivity contribution is 6.21. The zero-order valence-electron chi connectivity index (χ0n) is 7.16. The molecule has 0 radical (unpaired) electrons. The minimum atomic E-state index is -1.01. The molecule has 3 nitrogen and oxygen atoms in total. The molecule has 2 atom stereocenters. The van der Waals surface area contributed by atoms with Gasteiger partial charge in [-0.05, 0) is 6.42 Å². The first-order valence-electron chi connectivity index (χ1n) is 4.11. The SMILES string of the molecule is CCCCC(Cl)C(O)CC(=O)O. The van der Waals surface area contributed by atoms with E-state index >= 15 is 0 Å². The van der Waals surface area contributed by atoms with Crippen molar-refractivity contribution in [2.24, 2.45) is 0 Å². The van der Waals surface area contributed by atoms with Crippen LogP contribution < -0.4 is 0 Å². The van der Waals surface area contributed by atoms with E-state index < -0.39 is 17.5 Å². The third-order valence-electron chi connectivity index (χ3n) is 1.63. The van der Waals surface area contributed by atoms with Gasteiger partial charge in [0.1, 0.15) is 0 Å². The molecule has 0 aliphatic rings. The average Bonchev–Trinajstić information content (AvgIpc) is 1.98. The number of carbonyl (C=O) groups is 1. The van der Waals surface area contributed by atoms with E-state index in [9.17, 15) is 9.90 Å². The van der Waals surface area contributed by atoms with Crippen molar-refractivity contribution in [1.29, 1.82) is 0 Å². The summed E-state index contributed by atoms with van der Waals surface area (Å²) in [6, 6.07) is 0. The zero-order valence-corrected chi connectivity index (χ0v) is 7.92. The highest BCUT2D eigenvalue weighted by atomic mass is 35.5. The summed E-state index contributed by atoms with van der Waals surface area (Å²) in [4.78, 5) is 10.2. The van der Waals surface area contributed by atoms with Gasteiger partial charge in [0, 0.05) is 0 Å². The third kappa shape index (κ3) is 5.38. The monoisotopic (exact) mass is 194 g/mol. The van der Waals surface area contributed by atoms with Crippen LogP contribution in [0.4, 0.5) is 0 Å². The Balaban J connectivity index is 3.60. The lowest BCUT2D eigenvalue weighted by molar-refractivity contribution is -0.139. The van der Waals surface area contributed by atoms with Gasteiger partial charge in [-0.2, -0.15) is 0 Å². The molecule has 0 heterocycles. The van der Waals surface area contributed by atoms with Crippen LogP contribution in [0.15, 0.2) is 0 Å². The van der Waals surface area contributed by atoms with Crippen LogP contribution in [0.25, 0.3) is 0 Å². The molecule has 0 aromatic carbocycles. The number of aliphatic carboxylic acids is 1. The molecule has 0 aliphatic heterocycles. The second-order valence-electron chi connectivity index (χ2n) is 2.82. The van der Waals surface area contributed by atoms with Crippen molar-refractivity contribution in [1.82, 2.24) is 0 Å². The lowest BCUT2D eigenvalue weighted by Crippen LogP contribution is -2.23. The van der Waals surface area contributed by atoms with Crippen LogP contribution in [0.5, 0.6) is 0 Å². The maximum atomic E-state index is 10.2. The van der Waals surface area contributed by atoms with Gasteiger partial charge in [-0.25, -0.2) is 0 Å². The molecule has 0 aromatic rings. The molecule has 72 valence electrons. The van der Waals surface area contributed by atoms with Crippen LogP contribution in [0.3, 0.4) is 0 Å². The third-order valence-corrected chi connectivity index (χ3v) is 2.14. The maximum absolute atomic E-state index is 10.2. The number of carboxylic acid groups (broad SMARTS) is 1. The maximum Gasteiger partial charge on any atom is 0.306 e. The van der Waals surface area contributed by atoms with Crippen molar-refractivity contribution in [3.8, 4) is 0 Å². The molecule has 2 N–H and O–H groups in total. The van der Waals surface area contributed by atoms with Gasteiger partial charge in [-0.15, -0.1) is 11.6 Å². The first-order chi connectivity index (χ1) is 5.57.